The summed E-state index contributed by atoms with van der Waals surface area (Å²) in [5.74, 6) is 1.47. The molecule has 0 amide bonds. The van der Waals surface area contributed by atoms with E-state index in [1.165, 1.54) is 25.7 Å². The fraction of sp³-hybridized carbons (Fsp3) is 0.625. The van der Waals surface area contributed by atoms with Gasteiger partial charge in [0.15, 0.2) is 0 Å². The van der Waals surface area contributed by atoms with E-state index < -0.39 is 0 Å². The fourth-order valence-electron chi connectivity index (χ4n) is 4.58. The summed E-state index contributed by atoms with van der Waals surface area (Å²) < 4.78 is 0. The maximum Gasteiger partial charge on any atom is 0.0136 e. The minimum atomic E-state index is 0.376. The number of benzene rings is 1. The van der Waals surface area contributed by atoms with Crippen molar-refractivity contribution < 1.29 is 0 Å². The zero-order valence-electron chi connectivity index (χ0n) is 10.9. The molecule has 0 aliphatic heterocycles. The quantitative estimate of drug-likeness (QED) is 0.825. The highest BCUT2D eigenvalue weighted by Gasteiger charge is 2.59. The van der Waals surface area contributed by atoms with Crippen LogP contribution in [0.3, 0.4) is 0 Å². The van der Waals surface area contributed by atoms with Gasteiger partial charge < -0.3 is 5.73 Å². The highest BCUT2D eigenvalue weighted by atomic mass is 14.8. The van der Waals surface area contributed by atoms with E-state index in [9.17, 15) is 0 Å². The lowest BCUT2D eigenvalue weighted by molar-refractivity contribution is -0.0378. The van der Waals surface area contributed by atoms with E-state index >= 15 is 0 Å². The molecule has 1 aromatic carbocycles. The molecule has 3 rings (SSSR count). The first-order chi connectivity index (χ1) is 8.24. The van der Waals surface area contributed by atoms with Crippen molar-refractivity contribution in [2.24, 2.45) is 17.1 Å². The van der Waals surface area contributed by atoms with Gasteiger partial charge in [-0.3, -0.25) is 0 Å². The molecule has 3 unspecified atom stereocenters. The molecule has 2 N–H and O–H groups in total. The standard InChI is InChI=1S/C16H23N/c1-3-16(4-2)14-12-8-6-5-7-11(12)9-10-13(14)15(16)17/h5-8,13-15H,3-4,9-10,17H2,1-2H3. The SMILES string of the molecule is CCC1(CC)C(N)C2CCc3ccccc3C21. The molecule has 0 aromatic heterocycles. The van der Waals surface area contributed by atoms with Gasteiger partial charge in [-0.25, -0.2) is 0 Å². The van der Waals surface area contributed by atoms with Gasteiger partial charge in [-0.1, -0.05) is 38.1 Å². The van der Waals surface area contributed by atoms with Crippen LogP contribution in [0.5, 0.6) is 0 Å². The second-order valence-corrected chi connectivity index (χ2v) is 5.85. The largest absolute Gasteiger partial charge is 0.327 e. The Hall–Kier alpha value is -0.820. The van der Waals surface area contributed by atoms with E-state index in [-0.39, 0.29) is 0 Å². The lowest BCUT2D eigenvalue weighted by Gasteiger charge is -2.62. The van der Waals surface area contributed by atoms with Gasteiger partial charge in [0.05, 0.1) is 0 Å². The summed E-state index contributed by atoms with van der Waals surface area (Å²) in [5.41, 5.74) is 10.0. The Kier molecular flexibility index (Phi) is 2.55. The first-order valence-electron chi connectivity index (χ1n) is 7.08. The number of hydrogen-bond donors (Lipinski definition) is 1. The van der Waals surface area contributed by atoms with Crippen molar-refractivity contribution in [3.8, 4) is 0 Å². The second-order valence-electron chi connectivity index (χ2n) is 5.85. The molecule has 2 aliphatic carbocycles. The molecule has 1 fully saturated rings. The molecule has 0 bridgehead atoms. The maximum atomic E-state index is 6.49. The highest BCUT2D eigenvalue weighted by Crippen LogP contribution is 2.63. The molecule has 92 valence electrons. The molecule has 17 heavy (non-hydrogen) atoms. The lowest BCUT2D eigenvalue weighted by atomic mass is 9.43. The Labute approximate surface area is 104 Å². The molecular weight excluding hydrogens is 206 g/mol. The van der Waals surface area contributed by atoms with Gasteiger partial charge in [-0.2, -0.15) is 0 Å². The zero-order valence-corrected chi connectivity index (χ0v) is 10.9. The summed E-state index contributed by atoms with van der Waals surface area (Å²) in [6.07, 6.45) is 4.97. The van der Waals surface area contributed by atoms with Gasteiger partial charge in [-0.05, 0) is 54.1 Å². The third-order valence-electron chi connectivity index (χ3n) is 5.63. The van der Waals surface area contributed by atoms with E-state index in [0.717, 1.165) is 11.8 Å². The molecule has 1 nitrogen and oxygen atoms in total. The van der Waals surface area contributed by atoms with Crippen LogP contribution in [0.1, 0.15) is 50.2 Å². The molecule has 1 saturated carbocycles. The minimum Gasteiger partial charge on any atom is -0.327 e. The Morgan fingerprint density at radius 1 is 1.24 bits per heavy atom. The van der Waals surface area contributed by atoms with Crippen molar-refractivity contribution in [2.45, 2.75) is 51.5 Å². The second kappa shape index (κ2) is 3.84. The van der Waals surface area contributed by atoms with Gasteiger partial charge >= 0.3 is 0 Å². The molecule has 3 atom stereocenters. The molecule has 0 heterocycles. The number of nitrogens with two attached hydrogens (primary N) is 1. The van der Waals surface area contributed by atoms with Crippen LogP contribution in [-0.4, -0.2) is 6.04 Å². The number of rotatable bonds is 2. The number of fused-ring (bicyclic) bond motifs is 3. The Morgan fingerprint density at radius 3 is 2.65 bits per heavy atom. The van der Waals surface area contributed by atoms with Gasteiger partial charge in [0.1, 0.15) is 0 Å². The van der Waals surface area contributed by atoms with Gasteiger partial charge in [0, 0.05) is 6.04 Å². The van der Waals surface area contributed by atoms with E-state index in [1.54, 1.807) is 11.1 Å². The van der Waals surface area contributed by atoms with Crippen LogP contribution in [0.25, 0.3) is 0 Å². The van der Waals surface area contributed by atoms with Crippen molar-refractivity contribution in [3.05, 3.63) is 35.4 Å². The molecular formula is C16H23N. The minimum absolute atomic E-state index is 0.376. The van der Waals surface area contributed by atoms with Crippen LogP contribution in [0, 0.1) is 11.3 Å². The third-order valence-corrected chi connectivity index (χ3v) is 5.63. The normalized spacial score (nSPS) is 33.5. The van der Waals surface area contributed by atoms with Gasteiger partial charge in [-0.15, -0.1) is 0 Å². The van der Waals surface area contributed by atoms with Gasteiger partial charge in [0.25, 0.3) is 0 Å². The average molecular weight is 229 g/mol. The van der Waals surface area contributed by atoms with Crippen molar-refractivity contribution in [1.82, 2.24) is 0 Å². The van der Waals surface area contributed by atoms with E-state index in [2.05, 4.69) is 38.1 Å². The summed E-state index contributed by atoms with van der Waals surface area (Å²) in [6, 6.07) is 9.46. The van der Waals surface area contributed by atoms with E-state index in [0.29, 0.717) is 11.5 Å². The van der Waals surface area contributed by atoms with E-state index in [1.807, 2.05) is 0 Å². The first kappa shape index (κ1) is 11.3. The third kappa shape index (κ3) is 1.29. The number of aryl methyl sites for hydroxylation is 1. The van der Waals surface area contributed by atoms with Crippen LogP contribution in [-0.2, 0) is 6.42 Å². The summed E-state index contributed by atoms with van der Waals surface area (Å²) in [4.78, 5) is 0. The van der Waals surface area contributed by atoms with Crippen LogP contribution < -0.4 is 5.73 Å². The molecule has 0 spiro atoms. The van der Waals surface area contributed by atoms with Crippen LogP contribution >= 0.6 is 0 Å². The average Bonchev–Trinajstić information content (AvgIpc) is 2.39. The summed E-state index contributed by atoms with van der Waals surface area (Å²) in [6.45, 7) is 4.63. The lowest BCUT2D eigenvalue weighted by Crippen LogP contribution is -2.64. The van der Waals surface area contributed by atoms with Crippen molar-refractivity contribution in [1.29, 1.82) is 0 Å². The van der Waals surface area contributed by atoms with Crippen LogP contribution in [0.4, 0.5) is 0 Å². The fourth-order valence-corrected chi connectivity index (χ4v) is 4.58. The smallest absolute Gasteiger partial charge is 0.0136 e. The monoisotopic (exact) mass is 229 g/mol. The Bertz CT molecular complexity index is 419. The molecule has 0 saturated heterocycles. The molecule has 2 aliphatic rings. The van der Waals surface area contributed by atoms with Crippen molar-refractivity contribution in [2.75, 3.05) is 0 Å². The predicted octanol–water partition coefficient (Wildman–Crippen LogP) is 3.48. The molecule has 0 radical (unpaired) electrons. The zero-order chi connectivity index (χ0) is 12.0. The topological polar surface area (TPSA) is 26.0 Å². The Balaban J connectivity index is 2.05. The summed E-state index contributed by atoms with van der Waals surface area (Å²) in [5, 5.41) is 0. The number of hydrogen-bond acceptors (Lipinski definition) is 1. The molecule has 1 aromatic rings. The summed E-state index contributed by atoms with van der Waals surface area (Å²) >= 11 is 0. The van der Waals surface area contributed by atoms with E-state index in [4.69, 9.17) is 5.73 Å². The van der Waals surface area contributed by atoms with Crippen molar-refractivity contribution in [3.63, 3.8) is 0 Å². The highest BCUT2D eigenvalue weighted by molar-refractivity contribution is 5.40. The summed E-state index contributed by atoms with van der Waals surface area (Å²) in [7, 11) is 0. The predicted molar refractivity (Wildman–Crippen MR) is 72.0 cm³/mol. The van der Waals surface area contributed by atoms with Crippen LogP contribution in [0.2, 0.25) is 0 Å². The first-order valence-corrected chi connectivity index (χ1v) is 7.08. The van der Waals surface area contributed by atoms with Crippen molar-refractivity contribution >= 4 is 0 Å². The maximum absolute atomic E-state index is 6.49. The van der Waals surface area contributed by atoms with Crippen LogP contribution in [0.15, 0.2) is 24.3 Å². The molecule has 1 heteroatoms. The Morgan fingerprint density at radius 2 is 1.94 bits per heavy atom. The van der Waals surface area contributed by atoms with Gasteiger partial charge in [0.2, 0.25) is 0 Å².